The number of halogens is 2. The van der Waals surface area contributed by atoms with Crippen LogP contribution >= 0.6 is 34.5 Å². The van der Waals surface area contributed by atoms with Gasteiger partial charge in [-0.1, -0.05) is 67.4 Å². The number of rotatable bonds is 9. The maximum Gasteiger partial charge on any atom is 0.331 e. The molecule has 1 heterocycles. The van der Waals surface area contributed by atoms with Gasteiger partial charge in [-0.3, -0.25) is 10.1 Å². The molecular weight excluding hydrogens is 543 g/mol. The Morgan fingerprint density at radius 3 is 2.58 bits per heavy atom. The second-order valence-electron chi connectivity index (χ2n) is 9.55. The molecule has 0 radical (unpaired) electrons. The first-order valence-electron chi connectivity index (χ1n) is 12.6. The standard InChI is InChI=1S/C29H30Cl2N2O4S/c1-17(28(35)36)13-22-23(30)14-20(15-24(22)31)27(34)33-29-32-25(16-38-29)21-9-6-10-26(18(21)2)37-12-11-19-7-4-3-5-8-19/h6,9-10,13-16,19H,3-5,7-8,11-12H2,1-2H3,(H,35,36)(H,32,33,34)/b17-13+. The maximum atomic E-state index is 12.9. The van der Waals surface area contributed by atoms with E-state index in [0.717, 1.165) is 34.9 Å². The Kier molecular flexibility index (Phi) is 9.47. The number of anilines is 1. The summed E-state index contributed by atoms with van der Waals surface area (Å²) in [5, 5.41) is 14.6. The zero-order valence-electron chi connectivity index (χ0n) is 21.4. The van der Waals surface area contributed by atoms with Gasteiger partial charge in [-0.25, -0.2) is 9.78 Å². The third-order valence-electron chi connectivity index (χ3n) is 6.83. The fraction of sp³-hybridized carbons (Fsp3) is 0.345. The SMILES string of the molecule is C/C(=C\c1c(Cl)cc(C(=O)Nc2nc(-c3cccc(OCCC4CCCCC4)c3C)cs2)cc1Cl)C(=O)O. The Bertz CT molecular complexity index is 1340. The molecule has 38 heavy (non-hydrogen) atoms. The van der Waals surface area contributed by atoms with Gasteiger partial charge in [0.05, 0.1) is 22.3 Å². The molecule has 1 fully saturated rings. The fourth-order valence-corrected chi connectivity index (χ4v) is 5.92. The largest absolute Gasteiger partial charge is 0.493 e. The van der Waals surface area contributed by atoms with Gasteiger partial charge in [0.25, 0.3) is 5.91 Å². The number of nitrogens with zero attached hydrogens (tertiary/aromatic N) is 1. The monoisotopic (exact) mass is 572 g/mol. The highest BCUT2D eigenvalue weighted by atomic mass is 35.5. The summed E-state index contributed by atoms with van der Waals surface area (Å²) < 4.78 is 6.14. The molecule has 9 heteroatoms. The summed E-state index contributed by atoms with van der Waals surface area (Å²) in [6.45, 7) is 4.18. The van der Waals surface area contributed by atoms with E-state index in [-0.39, 0.29) is 21.2 Å². The average Bonchev–Trinajstić information content (AvgIpc) is 3.35. The Hall–Kier alpha value is -2.87. The van der Waals surface area contributed by atoms with Gasteiger partial charge in [0.15, 0.2) is 5.13 Å². The van der Waals surface area contributed by atoms with Crippen LogP contribution in [-0.2, 0) is 4.79 Å². The number of carbonyl (C=O) groups is 2. The van der Waals surface area contributed by atoms with Crippen molar-refractivity contribution in [3.05, 3.63) is 68.0 Å². The molecule has 0 spiro atoms. The number of hydrogen-bond acceptors (Lipinski definition) is 5. The molecule has 1 saturated carbocycles. The first kappa shape index (κ1) is 28.1. The number of aromatic nitrogens is 1. The molecule has 0 saturated heterocycles. The molecule has 1 aromatic heterocycles. The lowest BCUT2D eigenvalue weighted by Gasteiger charge is -2.21. The van der Waals surface area contributed by atoms with Crippen molar-refractivity contribution in [1.29, 1.82) is 0 Å². The van der Waals surface area contributed by atoms with Gasteiger partial charge in [0.2, 0.25) is 0 Å². The maximum absolute atomic E-state index is 12.9. The van der Waals surface area contributed by atoms with Crippen LogP contribution in [0.15, 0.2) is 41.3 Å². The first-order valence-corrected chi connectivity index (χ1v) is 14.3. The van der Waals surface area contributed by atoms with Crippen molar-refractivity contribution in [2.45, 2.75) is 52.4 Å². The molecule has 6 nitrogen and oxygen atoms in total. The Morgan fingerprint density at radius 2 is 1.89 bits per heavy atom. The third-order valence-corrected chi connectivity index (χ3v) is 8.22. The summed E-state index contributed by atoms with van der Waals surface area (Å²) >= 11 is 13.9. The van der Waals surface area contributed by atoms with Crippen molar-refractivity contribution < 1.29 is 19.4 Å². The molecule has 0 atom stereocenters. The first-order chi connectivity index (χ1) is 18.2. The zero-order valence-corrected chi connectivity index (χ0v) is 23.7. The number of hydrogen-bond donors (Lipinski definition) is 2. The number of carbonyl (C=O) groups excluding carboxylic acids is 1. The summed E-state index contributed by atoms with van der Waals surface area (Å²) in [5.74, 6) is 0.124. The molecule has 0 unspecified atom stereocenters. The number of aliphatic carboxylic acids is 1. The van der Waals surface area contributed by atoms with Crippen LogP contribution in [0.5, 0.6) is 5.75 Å². The van der Waals surface area contributed by atoms with Crippen LogP contribution < -0.4 is 10.1 Å². The van der Waals surface area contributed by atoms with E-state index >= 15 is 0 Å². The molecule has 4 rings (SSSR count). The normalized spacial score (nSPS) is 14.4. The molecular formula is C29H30Cl2N2O4S. The second kappa shape index (κ2) is 12.8. The van der Waals surface area contributed by atoms with E-state index in [2.05, 4.69) is 10.3 Å². The predicted octanol–water partition coefficient (Wildman–Crippen LogP) is 8.51. The van der Waals surface area contributed by atoms with Crippen LogP contribution in [0.2, 0.25) is 10.0 Å². The van der Waals surface area contributed by atoms with Crippen LogP contribution in [0.3, 0.4) is 0 Å². The number of carboxylic acid groups (broad SMARTS) is 1. The van der Waals surface area contributed by atoms with E-state index < -0.39 is 11.9 Å². The molecule has 1 amide bonds. The lowest BCUT2D eigenvalue weighted by molar-refractivity contribution is -0.132. The van der Waals surface area contributed by atoms with Crippen molar-refractivity contribution in [2.24, 2.45) is 5.92 Å². The third kappa shape index (κ3) is 6.95. The van der Waals surface area contributed by atoms with Crippen LogP contribution in [0, 0.1) is 12.8 Å². The van der Waals surface area contributed by atoms with Gasteiger partial charge in [0, 0.05) is 33.2 Å². The molecule has 1 aliphatic rings. The summed E-state index contributed by atoms with van der Waals surface area (Å²) in [5.41, 5.74) is 3.38. The van der Waals surface area contributed by atoms with Crippen LogP contribution in [0.25, 0.3) is 17.3 Å². The number of amides is 1. The number of benzene rings is 2. The highest BCUT2D eigenvalue weighted by Gasteiger charge is 2.17. The van der Waals surface area contributed by atoms with E-state index in [4.69, 9.17) is 33.0 Å². The number of nitrogens with one attached hydrogen (secondary N) is 1. The Balaban J connectivity index is 1.43. The van der Waals surface area contributed by atoms with Crippen molar-refractivity contribution in [3.8, 4) is 17.0 Å². The minimum absolute atomic E-state index is 0.0790. The molecule has 2 N–H and O–H groups in total. The highest BCUT2D eigenvalue weighted by Crippen LogP contribution is 2.34. The number of carboxylic acids is 1. The van der Waals surface area contributed by atoms with E-state index in [1.807, 2.05) is 30.5 Å². The summed E-state index contributed by atoms with van der Waals surface area (Å²) in [7, 11) is 0. The zero-order chi connectivity index (χ0) is 27.2. The molecule has 0 bridgehead atoms. The van der Waals surface area contributed by atoms with Crippen molar-refractivity contribution in [2.75, 3.05) is 11.9 Å². The van der Waals surface area contributed by atoms with Gasteiger partial charge < -0.3 is 9.84 Å². The van der Waals surface area contributed by atoms with Gasteiger partial charge in [-0.15, -0.1) is 11.3 Å². The Labute approximate surface area is 236 Å². The van der Waals surface area contributed by atoms with Gasteiger partial charge in [-0.05, 0) is 50.5 Å². The average molecular weight is 574 g/mol. The number of ether oxygens (including phenoxy) is 1. The quantitative estimate of drug-likeness (QED) is 0.251. The van der Waals surface area contributed by atoms with E-state index in [1.165, 1.54) is 68.6 Å². The van der Waals surface area contributed by atoms with Crippen LogP contribution in [-0.4, -0.2) is 28.6 Å². The minimum atomic E-state index is -1.08. The van der Waals surface area contributed by atoms with Crippen molar-refractivity contribution in [1.82, 2.24) is 4.98 Å². The van der Waals surface area contributed by atoms with Crippen LogP contribution in [0.4, 0.5) is 5.13 Å². The van der Waals surface area contributed by atoms with Gasteiger partial charge in [-0.2, -0.15) is 0 Å². The molecule has 1 aliphatic carbocycles. The minimum Gasteiger partial charge on any atom is -0.493 e. The van der Waals surface area contributed by atoms with Gasteiger partial charge in [0.1, 0.15) is 5.75 Å². The number of thiazole rings is 1. The molecule has 2 aromatic carbocycles. The van der Waals surface area contributed by atoms with Crippen molar-refractivity contribution >= 4 is 57.6 Å². The van der Waals surface area contributed by atoms with Crippen molar-refractivity contribution in [3.63, 3.8) is 0 Å². The second-order valence-corrected chi connectivity index (χ2v) is 11.2. The fourth-order valence-electron chi connectivity index (χ4n) is 4.62. The summed E-state index contributed by atoms with van der Waals surface area (Å²) in [6, 6.07) is 8.85. The predicted molar refractivity (Wildman–Crippen MR) is 155 cm³/mol. The molecule has 0 aliphatic heterocycles. The van der Waals surface area contributed by atoms with E-state index in [0.29, 0.717) is 17.3 Å². The highest BCUT2D eigenvalue weighted by molar-refractivity contribution is 7.14. The molecule has 200 valence electrons. The Morgan fingerprint density at radius 1 is 1.18 bits per heavy atom. The van der Waals surface area contributed by atoms with E-state index in [9.17, 15) is 9.59 Å². The topological polar surface area (TPSA) is 88.5 Å². The van der Waals surface area contributed by atoms with Gasteiger partial charge >= 0.3 is 5.97 Å². The summed E-state index contributed by atoms with van der Waals surface area (Å²) in [4.78, 5) is 28.6. The smallest absolute Gasteiger partial charge is 0.331 e. The lowest BCUT2D eigenvalue weighted by Crippen LogP contribution is -2.12. The lowest BCUT2D eigenvalue weighted by atomic mass is 9.87. The molecule has 3 aromatic rings. The van der Waals surface area contributed by atoms with E-state index in [1.54, 1.807) is 0 Å². The summed E-state index contributed by atoms with van der Waals surface area (Å²) in [6.07, 6.45) is 9.08. The van der Waals surface area contributed by atoms with Crippen LogP contribution in [0.1, 0.15) is 66.9 Å².